The topological polar surface area (TPSA) is 30.9 Å². The number of ether oxygens (including phenoxy) is 1. The molecule has 0 bridgehead atoms. The van der Waals surface area contributed by atoms with Crippen molar-refractivity contribution in [1.82, 2.24) is 9.78 Å². The Morgan fingerprint density at radius 2 is 1.88 bits per heavy atom. The van der Waals surface area contributed by atoms with Crippen molar-refractivity contribution in [3.63, 3.8) is 0 Å². The zero-order valence-corrected chi connectivity index (χ0v) is 17.8. The van der Waals surface area contributed by atoms with Crippen molar-refractivity contribution in [2.75, 3.05) is 0 Å². The van der Waals surface area contributed by atoms with Gasteiger partial charge in [0, 0.05) is 16.0 Å². The van der Waals surface area contributed by atoms with E-state index < -0.39 is 0 Å². The first-order valence-corrected chi connectivity index (χ1v) is 10.3. The molecule has 2 aromatic carbocycles. The van der Waals surface area contributed by atoms with Crippen LogP contribution < -0.4 is 4.57 Å². The molecule has 7 heteroatoms. The van der Waals surface area contributed by atoms with Crippen LogP contribution in [0.4, 0.5) is 0 Å². The Labute approximate surface area is 170 Å². The summed E-state index contributed by atoms with van der Waals surface area (Å²) in [5, 5.41) is 4.79. The third-order valence-corrected chi connectivity index (χ3v) is 6.51. The van der Waals surface area contributed by atoms with Crippen molar-refractivity contribution in [2.24, 2.45) is 0 Å². The molecule has 2 heterocycles. The minimum atomic E-state index is 0.185. The molecule has 0 radical (unpaired) electrons. The molecule has 0 spiro atoms. The van der Waals surface area contributed by atoms with Crippen molar-refractivity contribution in [3.05, 3.63) is 73.1 Å². The number of halogens is 3. The predicted octanol–water partition coefficient (Wildman–Crippen LogP) is 4.49. The van der Waals surface area contributed by atoms with E-state index in [2.05, 4.69) is 82.9 Å². The van der Waals surface area contributed by atoms with Gasteiger partial charge in [-0.3, -0.25) is 0 Å². The number of nitrogens with zero attached hydrogens (tertiary/aromatic N) is 3. The zero-order chi connectivity index (χ0) is 17.1. The monoisotopic (exact) mass is 524 g/mol. The lowest BCUT2D eigenvalue weighted by Crippen LogP contribution is -2.51. The van der Waals surface area contributed by atoms with Crippen LogP contribution in [0, 0.1) is 0 Å². The Hall–Kier alpha value is -1.02. The summed E-state index contributed by atoms with van der Waals surface area (Å²) in [5.41, 5.74) is 3.69. The minimum Gasteiger partial charge on any atom is -0.363 e. The summed E-state index contributed by atoms with van der Waals surface area (Å²) in [6.07, 6.45) is 3.23. The molecule has 0 unspecified atom stereocenters. The van der Waals surface area contributed by atoms with Crippen molar-refractivity contribution in [2.45, 2.75) is 25.2 Å². The smallest absolute Gasteiger partial charge is 0.304 e. The molecule has 126 valence electrons. The second-order valence-corrected chi connectivity index (χ2v) is 8.92. The van der Waals surface area contributed by atoms with Crippen LogP contribution >= 0.6 is 47.8 Å². The van der Waals surface area contributed by atoms with Gasteiger partial charge in [0.15, 0.2) is 5.69 Å². The van der Waals surface area contributed by atoms with E-state index >= 15 is 0 Å². The van der Waals surface area contributed by atoms with Gasteiger partial charge in [-0.05, 0) is 55.1 Å². The summed E-state index contributed by atoms with van der Waals surface area (Å²) >= 11 is 10.8. The molecular formula is C18H13Br3N3O+. The molecule has 3 aromatic rings. The number of rotatable bonds is 1. The molecule has 0 saturated heterocycles. The van der Waals surface area contributed by atoms with Gasteiger partial charge in [-0.2, -0.15) is 0 Å². The van der Waals surface area contributed by atoms with Gasteiger partial charge in [0.25, 0.3) is 0 Å². The maximum atomic E-state index is 6.11. The maximum Gasteiger partial charge on any atom is 0.304 e. The number of benzene rings is 2. The number of hydrogen-bond donors (Lipinski definition) is 0. The van der Waals surface area contributed by atoms with Crippen LogP contribution in [0.15, 0.2) is 56.1 Å². The van der Waals surface area contributed by atoms with Crippen LogP contribution in [0.5, 0.6) is 0 Å². The molecule has 0 N–H and O–H groups in total. The average molecular weight is 527 g/mol. The highest BCUT2D eigenvalue weighted by atomic mass is 79.9. The SMILES string of the molecule is Brc1cc(Br)c(-n2c[n+]3c(n2)CO[C@H]2Cc4ccccc4[C@H]23)c(Br)c1. The summed E-state index contributed by atoms with van der Waals surface area (Å²) < 4.78 is 13.2. The zero-order valence-electron chi connectivity index (χ0n) is 13.0. The van der Waals surface area contributed by atoms with Gasteiger partial charge in [-0.15, -0.1) is 0 Å². The summed E-state index contributed by atoms with van der Waals surface area (Å²) in [6.45, 7) is 0.536. The first-order valence-electron chi connectivity index (χ1n) is 7.96. The van der Waals surface area contributed by atoms with Crippen LogP contribution in [0.2, 0.25) is 0 Å². The van der Waals surface area contributed by atoms with Gasteiger partial charge in [0.2, 0.25) is 6.33 Å². The van der Waals surface area contributed by atoms with Crippen LogP contribution in [-0.4, -0.2) is 15.9 Å². The van der Waals surface area contributed by atoms with Crippen molar-refractivity contribution in [3.8, 4) is 5.69 Å². The standard InChI is InChI=1S/C18H13Br3N3O/c19-11-6-13(20)18(14(21)7-11)24-9-23-16(22-24)8-25-15-5-10-3-1-2-4-12(10)17(15)23/h1-4,6-7,9,15,17H,5,8H2/q+1/t15-,17+/m0/s1. The fourth-order valence-electron chi connectivity index (χ4n) is 3.78. The molecule has 0 amide bonds. The number of aromatic nitrogens is 3. The molecule has 5 rings (SSSR count). The second kappa shape index (κ2) is 6.01. The van der Waals surface area contributed by atoms with Gasteiger partial charge < -0.3 is 4.74 Å². The molecule has 1 aliphatic carbocycles. The van der Waals surface area contributed by atoms with E-state index in [-0.39, 0.29) is 12.1 Å². The van der Waals surface area contributed by atoms with E-state index in [9.17, 15) is 0 Å². The summed E-state index contributed by atoms with van der Waals surface area (Å²) in [4.78, 5) is 0. The van der Waals surface area contributed by atoms with Crippen LogP contribution in [-0.2, 0) is 17.8 Å². The predicted molar refractivity (Wildman–Crippen MR) is 104 cm³/mol. The van der Waals surface area contributed by atoms with Gasteiger partial charge in [-0.1, -0.05) is 44.9 Å². The molecule has 25 heavy (non-hydrogen) atoms. The minimum absolute atomic E-state index is 0.185. The first-order chi connectivity index (χ1) is 12.1. The van der Waals surface area contributed by atoms with Crippen molar-refractivity contribution < 1.29 is 9.30 Å². The highest BCUT2D eigenvalue weighted by molar-refractivity contribution is 9.11. The third-order valence-electron chi connectivity index (χ3n) is 4.84. The van der Waals surface area contributed by atoms with E-state index in [1.54, 1.807) is 0 Å². The largest absolute Gasteiger partial charge is 0.363 e. The lowest BCUT2D eigenvalue weighted by molar-refractivity contribution is -0.739. The molecule has 2 aliphatic rings. The highest BCUT2D eigenvalue weighted by Gasteiger charge is 2.43. The van der Waals surface area contributed by atoms with Gasteiger partial charge in [-0.25, -0.2) is 4.57 Å². The molecule has 0 saturated carbocycles. The fourth-order valence-corrected chi connectivity index (χ4v) is 6.40. The average Bonchev–Trinajstić information content (AvgIpc) is 3.13. The molecular weight excluding hydrogens is 514 g/mol. The Morgan fingerprint density at radius 3 is 2.68 bits per heavy atom. The summed E-state index contributed by atoms with van der Waals surface area (Å²) in [6, 6.07) is 12.8. The quantitative estimate of drug-likeness (QED) is 0.437. The van der Waals surface area contributed by atoms with E-state index in [4.69, 9.17) is 9.84 Å². The molecule has 1 aromatic heterocycles. The fraction of sp³-hybridized carbons (Fsp3) is 0.222. The summed E-state index contributed by atoms with van der Waals surface area (Å²) in [5.74, 6) is 0.944. The van der Waals surface area contributed by atoms with Crippen molar-refractivity contribution in [1.29, 1.82) is 0 Å². The van der Waals surface area contributed by atoms with Gasteiger partial charge in [0.1, 0.15) is 18.8 Å². The number of fused-ring (bicyclic) bond motifs is 5. The Kier molecular flexibility index (Phi) is 3.89. The Morgan fingerprint density at radius 1 is 1.12 bits per heavy atom. The summed E-state index contributed by atoms with van der Waals surface area (Å²) in [7, 11) is 0. The Bertz CT molecular complexity index is 978. The lowest BCUT2D eigenvalue weighted by Gasteiger charge is -2.23. The molecule has 1 aliphatic heterocycles. The highest BCUT2D eigenvalue weighted by Crippen LogP contribution is 2.37. The van der Waals surface area contributed by atoms with Gasteiger partial charge in [0.05, 0.1) is 8.95 Å². The van der Waals surface area contributed by atoms with Gasteiger partial charge >= 0.3 is 5.82 Å². The first kappa shape index (κ1) is 16.2. The lowest BCUT2D eigenvalue weighted by atomic mass is 10.1. The number of hydrogen-bond acceptors (Lipinski definition) is 2. The third kappa shape index (κ3) is 2.55. The molecule has 4 nitrogen and oxygen atoms in total. The normalized spacial score (nSPS) is 20.9. The molecule has 2 atom stereocenters. The maximum absolute atomic E-state index is 6.11. The van der Waals surface area contributed by atoms with Crippen LogP contribution in [0.3, 0.4) is 0 Å². The van der Waals surface area contributed by atoms with Crippen LogP contribution in [0.1, 0.15) is 23.0 Å². The van der Waals surface area contributed by atoms with E-state index in [0.29, 0.717) is 6.61 Å². The van der Waals surface area contributed by atoms with E-state index in [1.807, 2.05) is 16.8 Å². The van der Waals surface area contributed by atoms with E-state index in [1.165, 1.54) is 11.1 Å². The molecule has 0 fully saturated rings. The van der Waals surface area contributed by atoms with Crippen LogP contribution in [0.25, 0.3) is 5.69 Å². The second-order valence-electron chi connectivity index (χ2n) is 6.30. The Balaban J connectivity index is 1.65. The van der Waals surface area contributed by atoms with Crippen molar-refractivity contribution >= 4 is 47.8 Å². The van der Waals surface area contributed by atoms with E-state index in [0.717, 1.165) is 31.4 Å².